The second kappa shape index (κ2) is 9.44. The molecule has 0 aliphatic carbocycles. The van der Waals surface area contributed by atoms with Crippen LogP contribution in [0, 0.1) is 0 Å². The van der Waals surface area contributed by atoms with E-state index >= 15 is 0 Å². The van der Waals surface area contributed by atoms with Crippen LogP contribution in [0.1, 0.15) is 19.8 Å². The molecule has 0 aliphatic rings. The molecule has 0 saturated carbocycles. The van der Waals surface area contributed by atoms with Gasteiger partial charge in [-0.15, -0.1) is 0 Å². The van der Waals surface area contributed by atoms with E-state index in [4.69, 9.17) is 16.3 Å². The summed E-state index contributed by atoms with van der Waals surface area (Å²) in [5.74, 6) is 0.428. The summed E-state index contributed by atoms with van der Waals surface area (Å²) in [7, 11) is 0. The zero-order valence-corrected chi connectivity index (χ0v) is 16.0. The molecule has 0 aromatic heterocycles. The van der Waals surface area contributed by atoms with Gasteiger partial charge < -0.3 is 15.4 Å². The minimum absolute atomic E-state index is 0.146. The van der Waals surface area contributed by atoms with E-state index in [1.165, 1.54) is 6.92 Å². The van der Waals surface area contributed by atoms with Gasteiger partial charge in [0.1, 0.15) is 5.75 Å². The first-order valence-electron chi connectivity index (χ1n) is 7.69. The lowest BCUT2D eigenvalue weighted by atomic mass is 10.2. The van der Waals surface area contributed by atoms with Crippen molar-refractivity contribution in [2.75, 3.05) is 17.2 Å². The summed E-state index contributed by atoms with van der Waals surface area (Å²) in [6, 6.07) is 12.5. The fraction of sp³-hybridized carbons (Fsp3) is 0.222. The molecule has 0 bridgehead atoms. The molecule has 2 aromatic carbocycles. The van der Waals surface area contributed by atoms with Crippen molar-refractivity contribution in [3.8, 4) is 5.75 Å². The average molecular weight is 426 g/mol. The first-order chi connectivity index (χ1) is 11.9. The van der Waals surface area contributed by atoms with E-state index in [9.17, 15) is 9.59 Å². The van der Waals surface area contributed by atoms with E-state index in [0.717, 1.165) is 10.2 Å². The molecule has 0 radical (unpaired) electrons. The quantitative estimate of drug-likeness (QED) is 0.623. The van der Waals surface area contributed by atoms with E-state index in [2.05, 4.69) is 26.6 Å². The maximum absolute atomic E-state index is 12.0. The Hall–Kier alpha value is -2.05. The van der Waals surface area contributed by atoms with Crippen LogP contribution >= 0.6 is 27.5 Å². The van der Waals surface area contributed by atoms with Crippen molar-refractivity contribution >= 4 is 50.7 Å². The highest BCUT2D eigenvalue weighted by Gasteiger charge is 2.07. The highest BCUT2D eigenvalue weighted by molar-refractivity contribution is 9.10. The third-order valence-corrected chi connectivity index (χ3v) is 3.98. The Bertz CT molecular complexity index is 768. The molecule has 0 atom stereocenters. The van der Waals surface area contributed by atoms with Gasteiger partial charge in [0.2, 0.25) is 11.8 Å². The van der Waals surface area contributed by atoms with Crippen LogP contribution in [0.25, 0.3) is 0 Å². The summed E-state index contributed by atoms with van der Waals surface area (Å²) in [5.41, 5.74) is 1.09. The molecular weight excluding hydrogens is 408 g/mol. The van der Waals surface area contributed by atoms with Crippen molar-refractivity contribution in [3.05, 3.63) is 52.0 Å². The van der Waals surface area contributed by atoms with Crippen LogP contribution in [0.3, 0.4) is 0 Å². The predicted octanol–water partition coefficient (Wildman–Crippen LogP) is 4.86. The van der Waals surface area contributed by atoms with E-state index in [1.807, 2.05) is 24.3 Å². The Labute approximate surface area is 159 Å². The summed E-state index contributed by atoms with van der Waals surface area (Å²) >= 11 is 9.49. The smallest absolute Gasteiger partial charge is 0.224 e. The SMILES string of the molecule is CC(=O)Nc1ccc(NC(=O)CCCOc2cccc(Br)c2)c(Cl)c1. The summed E-state index contributed by atoms with van der Waals surface area (Å²) in [6.45, 7) is 1.86. The molecule has 0 spiro atoms. The number of halogens is 2. The highest BCUT2D eigenvalue weighted by atomic mass is 79.9. The van der Waals surface area contributed by atoms with Crippen molar-refractivity contribution < 1.29 is 14.3 Å². The van der Waals surface area contributed by atoms with E-state index in [0.29, 0.717) is 35.8 Å². The van der Waals surface area contributed by atoms with E-state index < -0.39 is 0 Å². The molecule has 2 N–H and O–H groups in total. The lowest BCUT2D eigenvalue weighted by Gasteiger charge is -2.10. The van der Waals surface area contributed by atoms with Crippen molar-refractivity contribution in [1.82, 2.24) is 0 Å². The molecule has 0 aliphatic heterocycles. The van der Waals surface area contributed by atoms with Gasteiger partial charge in [-0.2, -0.15) is 0 Å². The molecule has 25 heavy (non-hydrogen) atoms. The van der Waals surface area contributed by atoms with E-state index in [-0.39, 0.29) is 11.8 Å². The predicted molar refractivity (Wildman–Crippen MR) is 103 cm³/mol. The number of hydrogen-bond acceptors (Lipinski definition) is 3. The van der Waals surface area contributed by atoms with Gasteiger partial charge in [-0.25, -0.2) is 0 Å². The van der Waals surface area contributed by atoms with Gasteiger partial charge in [-0.3, -0.25) is 9.59 Å². The Kier molecular flexibility index (Phi) is 7.28. The molecule has 0 saturated heterocycles. The first-order valence-corrected chi connectivity index (χ1v) is 8.86. The monoisotopic (exact) mass is 424 g/mol. The van der Waals surface area contributed by atoms with Crippen molar-refractivity contribution in [1.29, 1.82) is 0 Å². The molecule has 2 aromatic rings. The number of benzene rings is 2. The number of ether oxygens (including phenoxy) is 1. The number of amides is 2. The summed E-state index contributed by atoms with van der Waals surface area (Å²) in [6.07, 6.45) is 0.901. The Morgan fingerprint density at radius 2 is 1.96 bits per heavy atom. The van der Waals surface area contributed by atoms with Gasteiger partial charge in [-0.1, -0.05) is 33.6 Å². The largest absolute Gasteiger partial charge is 0.494 e. The number of carbonyl (C=O) groups excluding carboxylic acids is 2. The fourth-order valence-corrected chi connectivity index (χ4v) is 2.70. The normalized spacial score (nSPS) is 10.2. The third-order valence-electron chi connectivity index (χ3n) is 3.18. The molecule has 7 heteroatoms. The molecule has 0 unspecified atom stereocenters. The third kappa shape index (κ3) is 6.76. The zero-order valence-electron chi connectivity index (χ0n) is 13.6. The molecule has 2 rings (SSSR count). The Morgan fingerprint density at radius 3 is 2.64 bits per heavy atom. The van der Waals surface area contributed by atoms with Crippen LogP contribution in [0.5, 0.6) is 5.75 Å². The minimum atomic E-state index is -0.182. The van der Waals surface area contributed by atoms with Crippen LogP contribution in [-0.2, 0) is 9.59 Å². The molecular formula is C18H18BrClN2O3. The topological polar surface area (TPSA) is 67.4 Å². The van der Waals surface area contributed by atoms with Gasteiger partial charge in [-0.05, 0) is 42.8 Å². The maximum atomic E-state index is 12.0. The van der Waals surface area contributed by atoms with Gasteiger partial charge in [0.15, 0.2) is 0 Å². The summed E-state index contributed by atoms with van der Waals surface area (Å²) < 4.78 is 6.53. The van der Waals surface area contributed by atoms with Crippen LogP contribution < -0.4 is 15.4 Å². The summed E-state index contributed by atoms with van der Waals surface area (Å²) in [5, 5.41) is 5.75. The first kappa shape index (κ1) is 19.3. The second-order valence-corrected chi connectivity index (χ2v) is 6.66. The number of anilines is 2. The van der Waals surface area contributed by atoms with Crippen LogP contribution in [0.15, 0.2) is 46.9 Å². The highest BCUT2D eigenvalue weighted by Crippen LogP contribution is 2.25. The molecule has 5 nitrogen and oxygen atoms in total. The van der Waals surface area contributed by atoms with Gasteiger partial charge in [0.25, 0.3) is 0 Å². The molecule has 132 valence electrons. The Morgan fingerprint density at radius 1 is 1.16 bits per heavy atom. The van der Waals surface area contributed by atoms with Gasteiger partial charge >= 0.3 is 0 Å². The standard InChI is InChI=1S/C18H18BrClN2O3/c1-12(23)21-14-7-8-17(16(20)11-14)22-18(24)6-3-9-25-15-5-2-4-13(19)10-15/h2,4-5,7-8,10-11H,3,6,9H2,1H3,(H,21,23)(H,22,24). The molecule has 2 amide bonds. The van der Waals surface area contributed by atoms with Crippen molar-refractivity contribution in [3.63, 3.8) is 0 Å². The maximum Gasteiger partial charge on any atom is 0.224 e. The minimum Gasteiger partial charge on any atom is -0.494 e. The van der Waals surface area contributed by atoms with Gasteiger partial charge in [0.05, 0.1) is 17.3 Å². The molecule has 0 fully saturated rings. The van der Waals surface area contributed by atoms with E-state index in [1.54, 1.807) is 18.2 Å². The Balaban J connectivity index is 1.77. The molecule has 0 heterocycles. The fourth-order valence-electron chi connectivity index (χ4n) is 2.09. The van der Waals surface area contributed by atoms with Crippen LogP contribution in [0.2, 0.25) is 5.02 Å². The number of rotatable bonds is 7. The van der Waals surface area contributed by atoms with Gasteiger partial charge in [0, 0.05) is 23.5 Å². The van der Waals surface area contributed by atoms with Crippen LogP contribution in [-0.4, -0.2) is 18.4 Å². The zero-order chi connectivity index (χ0) is 18.2. The van der Waals surface area contributed by atoms with Crippen molar-refractivity contribution in [2.24, 2.45) is 0 Å². The number of carbonyl (C=O) groups is 2. The number of hydrogen-bond donors (Lipinski definition) is 2. The lowest BCUT2D eigenvalue weighted by Crippen LogP contribution is -2.13. The number of nitrogens with one attached hydrogen (secondary N) is 2. The summed E-state index contributed by atoms with van der Waals surface area (Å²) in [4.78, 5) is 23.0. The van der Waals surface area contributed by atoms with Crippen LogP contribution in [0.4, 0.5) is 11.4 Å². The second-order valence-electron chi connectivity index (χ2n) is 5.33. The van der Waals surface area contributed by atoms with Crippen molar-refractivity contribution in [2.45, 2.75) is 19.8 Å². The lowest BCUT2D eigenvalue weighted by molar-refractivity contribution is -0.116. The average Bonchev–Trinajstić information content (AvgIpc) is 2.54.